The minimum atomic E-state index is 0.0737. The number of nitrogens with zero attached hydrogens (tertiary/aromatic N) is 3. The molecule has 0 radical (unpaired) electrons. The number of hydrogen-bond acceptors (Lipinski definition) is 5. The third kappa shape index (κ3) is 3.88. The van der Waals surface area contributed by atoms with Crippen molar-refractivity contribution < 1.29 is 4.79 Å². The number of hydrogen-bond donors (Lipinski definition) is 1. The molecule has 0 unspecified atom stereocenters. The summed E-state index contributed by atoms with van der Waals surface area (Å²) < 4.78 is 0. The summed E-state index contributed by atoms with van der Waals surface area (Å²) in [6, 6.07) is 9.75. The maximum Gasteiger partial charge on any atom is 0.223 e. The molecular weight excluding hydrogens is 308 g/mol. The van der Waals surface area contributed by atoms with Crippen LogP contribution in [0.15, 0.2) is 35.8 Å². The van der Waals surface area contributed by atoms with Crippen molar-refractivity contribution in [3.63, 3.8) is 0 Å². The van der Waals surface area contributed by atoms with Gasteiger partial charge in [0.05, 0.1) is 12.1 Å². The lowest BCUT2D eigenvalue weighted by Crippen LogP contribution is -2.40. The Balaban J connectivity index is 1.49. The molecule has 3 rings (SSSR count). The Bertz CT molecular complexity index is 682. The van der Waals surface area contributed by atoms with Gasteiger partial charge in [-0.05, 0) is 36.4 Å². The van der Waals surface area contributed by atoms with Gasteiger partial charge < -0.3 is 10.2 Å². The third-order valence-corrected chi connectivity index (χ3v) is 4.96. The molecule has 0 atom stereocenters. The van der Waals surface area contributed by atoms with E-state index in [4.69, 9.17) is 5.26 Å². The summed E-state index contributed by atoms with van der Waals surface area (Å²) in [5.74, 6) is 1.09. The first-order chi connectivity index (χ1) is 11.3. The number of piperidine rings is 1. The van der Waals surface area contributed by atoms with E-state index in [1.54, 1.807) is 23.6 Å². The highest BCUT2D eigenvalue weighted by Gasteiger charge is 2.25. The van der Waals surface area contributed by atoms with E-state index in [1.165, 1.54) is 4.88 Å². The first-order valence-corrected chi connectivity index (χ1v) is 8.55. The molecule has 5 nitrogen and oxygen atoms in total. The topological polar surface area (TPSA) is 69.0 Å². The van der Waals surface area contributed by atoms with Crippen molar-refractivity contribution in [2.24, 2.45) is 5.92 Å². The molecule has 6 heteroatoms. The van der Waals surface area contributed by atoms with E-state index >= 15 is 0 Å². The fourth-order valence-corrected chi connectivity index (χ4v) is 3.39. The largest absolute Gasteiger partial charge is 0.357 e. The Hall–Kier alpha value is -2.39. The number of thiophene rings is 1. The predicted molar refractivity (Wildman–Crippen MR) is 90.1 cm³/mol. The first-order valence-electron chi connectivity index (χ1n) is 7.67. The molecule has 1 saturated heterocycles. The van der Waals surface area contributed by atoms with Crippen molar-refractivity contribution in [1.29, 1.82) is 5.26 Å². The molecule has 0 bridgehead atoms. The molecule has 118 valence electrons. The second kappa shape index (κ2) is 7.25. The molecule has 0 aromatic carbocycles. The lowest BCUT2D eigenvalue weighted by Gasteiger charge is -2.32. The number of aromatic nitrogens is 1. The van der Waals surface area contributed by atoms with Gasteiger partial charge in [0, 0.05) is 30.1 Å². The van der Waals surface area contributed by atoms with Crippen LogP contribution in [0.5, 0.6) is 0 Å². The monoisotopic (exact) mass is 326 g/mol. The van der Waals surface area contributed by atoms with Gasteiger partial charge in [-0.15, -0.1) is 11.3 Å². The highest BCUT2D eigenvalue weighted by atomic mass is 32.1. The quantitative estimate of drug-likeness (QED) is 0.937. The summed E-state index contributed by atoms with van der Waals surface area (Å²) in [5.41, 5.74) is 0.566. The van der Waals surface area contributed by atoms with Gasteiger partial charge in [-0.3, -0.25) is 4.79 Å². The Morgan fingerprint density at radius 2 is 2.22 bits per heavy atom. The van der Waals surface area contributed by atoms with Crippen LogP contribution in [-0.4, -0.2) is 24.0 Å². The average molecular weight is 326 g/mol. The summed E-state index contributed by atoms with van der Waals surface area (Å²) in [7, 11) is 0. The van der Waals surface area contributed by atoms with Gasteiger partial charge in [-0.2, -0.15) is 5.26 Å². The average Bonchev–Trinajstić information content (AvgIpc) is 3.13. The summed E-state index contributed by atoms with van der Waals surface area (Å²) >= 11 is 1.66. The van der Waals surface area contributed by atoms with E-state index in [0.717, 1.165) is 31.7 Å². The summed E-state index contributed by atoms with van der Waals surface area (Å²) in [5, 5.41) is 13.9. The lowest BCUT2D eigenvalue weighted by atomic mass is 9.96. The molecule has 2 aromatic heterocycles. The zero-order chi connectivity index (χ0) is 16.1. The molecule has 0 spiro atoms. The van der Waals surface area contributed by atoms with Crippen LogP contribution in [0.2, 0.25) is 0 Å². The maximum absolute atomic E-state index is 12.2. The molecule has 2 aromatic rings. The van der Waals surface area contributed by atoms with Crippen molar-refractivity contribution in [1.82, 2.24) is 10.3 Å². The van der Waals surface area contributed by atoms with Crippen LogP contribution in [0.25, 0.3) is 0 Å². The SMILES string of the molecule is N#Cc1ccc(N2CCC(C(=O)NCc3cccs3)CC2)nc1. The van der Waals surface area contributed by atoms with Crippen LogP contribution in [-0.2, 0) is 11.3 Å². The van der Waals surface area contributed by atoms with Gasteiger partial charge in [0.15, 0.2) is 0 Å². The van der Waals surface area contributed by atoms with Crippen molar-refractivity contribution in [2.75, 3.05) is 18.0 Å². The van der Waals surface area contributed by atoms with E-state index in [9.17, 15) is 4.79 Å². The van der Waals surface area contributed by atoms with Crippen LogP contribution < -0.4 is 10.2 Å². The highest BCUT2D eigenvalue weighted by molar-refractivity contribution is 7.09. The van der Waals surface area contributed by atoms with E-state index in [1.807, 2.05) is 23.6 Å². The summed E-state index contributed by atoms with van der Waals surface area (Å²) in [6.07, 6.45) is 3.26. The molecular formula is C17H18N4OS. The molecule has 1 aliphatic rings. The second-order valence-electron chi connectivity index (χ2n) is 5.58. The van der Waals surface area contributed by atoms with Gasteiger partial charge in [0.25, 0.3) is 0 Å². The maximum atomic E-state index is 12.2. The second-order valence-corrected chi connectivity index (χ2v) is 6.61. The van der Waals surface area contributed by atoms with Crippen LogP contribution in [0, 0.1) is 17.2 Å². The molecule has 1 aliphatic heterocycles. The Morgan fingerprint density at radius 3 is 2.83 bits per heavy atom. The number of carbonyl (C=O) groups excluding carboxylic acids is 1. The molecule has 1 N–H and O–H groups in total. The van der Waals surface area contributed by atoms with Gasteiger partial charge >= 0.3 is 0 Å². The number of pyridine rings is 1. The van der Waals surface area contributed by atoms with Crippen molar-refractivity contribution in [3.8, 4) is 6.07 Å². The van der Waals surface area contributed by atoms with Gasteiger partial charge in [0.2, 0.25) is 5.91 Å². The molecule has 23 heavy (non-hydrogen) atoms. The zero-order valence-corrected chi connectivity index (χ0v) is 13.6. The lowest BCUT2D eigenvalue weighted by molar-refractivity contribution is -0.125. The molecule has 3 heterocycles. The standard InChI is InChI=1S/C17H18N4OS/c18-10-13-3-4-16(19-11-13)21-7-5-14(6-8-21)17(22)20-12-15-2-1-9-23-15/h1-4,9,11,14H,5-8,12H2,(H,20,22). The summed E-state index contributed by atoms with van der Waals surface area (Å²) in [4.78, 5) is 19.9. The Kier molecular flexibility index (Phi) is 4.89. The fraction of sp³-hybridized carbons (Fsp3) is 0.353. The minimum absolute atomic E-state index is 0.0737. The number of rotatable bonds is 4. The number of nitriles is 1. The number of anilines is 1. The smallest absolute Gasteiger partial charge is 0.223 e. The highest BCUT2D eigenvalue weighted by Crippen LogP contribution is 2.22. The number of amides is 1. The van der Waals surface area contributed by atoms with E-state index in [0.29, 0.717) is 12.1 Å². The van der Waals surface area contributed by atoms with Gasteiger partial charge in [-0.25, -0.2) is 4.98 Å². The van der Waals surface area contributed by atoms with Crippen molar-refractivity contribution >= 4 is 23.1 Å². The van der Waals surface area contributed by atoms with Gasteiger partial charge in [0.1, 0.15) is 11.9 Å². The summed E-state index contributed by atoms with van der Waals surface area (Å²) in [6.45, 7) is 2.25. The van der Waals surface area contributed by atoms with Gasteiger partial charge in [-0.1, -0.05) is 6.07 Å². The molecule has 1 amide bonds. The van der Waals surface area contributed by atoms with Crippen LogP contribution in [0.1, 0.15) is 23.3 Å². The molecule has 1 fully saturated rings. The minimum Gasteiger partial charge on any atom is -0.357 e. The Labute approximate surface area is 139 Å². The van der Waals surface area contributed by atoms with Crippen molar-refractivity contribution in [2.45, 2.75) is 19.4 Å². The third-order valence-electron chi connectivity index (χ3n) is 4.08. The van der Waals surface area contributed by atoms with Crippen molar-refractivity contribution in [3.05, 3.63) is 46.3 Å². The number of carbonyl (C=O) groups is 1. The predicted octanol–water partition coefficient (Wildman–Crippen LogP) is 2.55. The molecule has 0 saturated carbocycles. The fourth-order valence-electron chi connectivity index (χ4n) is 2.74. The van der Waals surface area contributed by atoms with Crippen LogP contribution >= 0.6 is 11.3 Å². The zero-order valence-electron chi connectivity index (χ0n) is 12.7. The van der Waals surface area contributed by atoms with E-state index < -0.39 is 0 Å². The Morgan fingerprint density at radius 1 is 1.39 bits per heavy atom. The van der Waals surface area contributed by atoms with Crippen LogP contribution in [0.3, 0.4) is 0 Å². The van der Waals surface area contributed by atoms with Crippen LogP contribution in [0.4, 0.5) is 5.82 Å². The normalized spacial score (nSPS) is 15.2. The van der Waals surface area contributed by atoms with E-state index in [-0.39, 0.29) is 11.8 Å². The molecule has 0 aliphatic carbocycles. The number of nitrogens with one attached hydrogen (secondary N) is 1. The van der Waals surface area contributed by atoms with E-state index in [2.05, 4.69) is 21.3 Å². The first kappa shape index (κ1) is 15.5.